The Morgan fingerprint density at radius 2 is 2.26 bits per heavy atom. The van der Waals surface area contributed by atoms with E-state index in [2.05, 4.69) is 10.3 Å². The van der Waals surface area contributed by atoms with E-state index in [0.29, 0.717) is 13.1 Å². The summed E-state index contributed by atoms with van der Waals surface area (Å²) in [6.45, 7) is 2.61. The van der Waals surface area contributed by atoms with Crippen LogP contribution in [-0.4, -0.2) is 47.0 Å². The second kappa shape index (κ2) is 7.48. The Bertz CT molecular complexity index is 422. The lowest BCUT2D eigenvalue weighted by molar-refractivity contribution is -0.142. The van der Waals surface area contributed by atoms with Crippen LogP contribution >= 0.6 is 0 Å². The molecule has 1 unspecified atom stereocenters. The van der Waals surface area contributed by atoms with Crippen LogP contribution in [0.1, 0.15) is 12.5 Å². The minimum atomic E-state index is -0.868. The number of rotatable bonds is 7. The molecule has 1 aromatic heterocycles. The van der Waals surface area contributed by atoms with Crippen LogP contribution in [-0.2, 0) is 16.1 Å². The van der Waals surface area contributed by atoms with Gasteiger partial charge in [0, 0.05) is 32.5 Å². The Morgan fingerprint density at radius 1 is 1.53 bits per heavy atom. The molecule has 2 N–H and O–H groups in total. The maximum Gasteiger partial charge on any atom is 0.307 e. The number of nitrogens with zero attached hydrogens (tertiary/aromatic N) is 2. The van der Waals surface area contributed by atoms with Crippen LogP contribution in [0.3, 0.4) is 0 Å². The predicted octanol–water partition coefficient (Wildman–Crippen LogP) is 0.350. The van der Waals surface area contributed by atoms with Gasteiger partial charge in [0.2, 0.25) is 5.91 Å². The number of hydrogen-bond acceptors (Lipinski definition) is 4. The summed E-state index contributed by atoms with van der Waals surface area (Å²) in [4.78, 5) is 28.2. The second-order valence-corrected chi connectivity index (χ2v) is 4.44. The van der Waals surface area contributed by atoms with E-state index in [9.17, 15) is 9.59 Å². The van der Waals surface area contributed by atoms with Gasteiger partial charge in [0.25, 0.3) is 0 Å². The van der Waals surface area contributed by atoms with Crippen LogP contribution in [0, 0.1) is 5.92 Å². The quantitative estimate of drug-likeness (QED) is 0.743. The van der Waals surface area contributed by atoms with Crippen LogP contribution in [0.15, 0.2) is 24.5 Å². The molecule has 0 fully saturated rings. The van der Waals surface area contributed by atoms with Crippen LogP contribution in [0.25, 0.3) is 0 Å². The fourth-order valence-corrected chi connectivity index (χ4v) is 1.68. The molecule has 0 aliphatic heterocycles. The molecule has 0 spiro atoms. The van der Waals surface area contributed by atoms with Gasteiger partial charge in [-0.25, -0.2) is 0 Å². The van der Waals surface area contributed by atoms with E-state index < -0.39 is 11.9 Å². The van der Waals surface area contributed by atoms with Gasteiger partial charge < -0.3 is 10.4 Å². The molecular weight excluding hydrogens is 246 g/mol. The lowest BCUT2D eigenvalue weighted by atomic mass is 10.1. The number of hydrogen-bond donors (Lipinski definition) is 2. The largest absolute Gasteiger partial charge is 0.481 e. The predicted molar refractivity (Wildman–Crippen MR) is 70.4 cm³/mol. The molecule has 104 valence electrons. The van der Waals surface area contributed by atoms with Gasteiger partial charge in [-0.15, -0.1) is 0 Å². The monoisotopic (exact) mass is 265 g/mol. The summed E-state index contributed by atoms with van der Waals surface area (Å²) in [5.74, 6) is -1.53. The normalized spacial score (nSPS) is 12.2. The van der Waals surface area contributed by atoms with Crippen molar-refractivity contribution in [2.24, 2.45) is 5.92 Å². The number of amides is 1. The summed E-state index contributed by atoms with van der Waals surface area (Å²) in [6, 6.07) is 3.71. The molecule has 0 bridgehead atoms. The summed E-state index contributed by atoms with van der Waals surface area (Å²) in [5.41, 5.74) is 0.948. The fraction of sp³-hybridized carbons (Fsp3) is 0.462. The zero-order chi connectivity index (χ0) is 14.3. The number of carboxylic acids is 1. The highest BCUT2D eigenvalue weighted by molar-refractivity contribution is 5.77. The highest BCUT2D eigenvalue weighted by Gasteiger charge is 2.18. The minimum Gasteiger partial charge on any atom is -0.481 e. The van der Waals surface area contributed by atoms with Gasteiger partial charge in [-0.05, 0) is 11.6 Å². The van der Waals surface area contributed by atoms with E-state index in [-0.39, 0.29) is 12.5 Å². The Kier molecular flexibility index (Phi) is 5.95. The number of aromatic nitrogens is 1. The fourth-order valence-electron chi connectivity index (χ4n) is 1.68. The molecule has 0 saturated carbocycles. The standard InChI is InChI=1S/C13H19N3O3/c1-10(13(18)19)7-16(9-12(17)14-2)8-11-4-3-5-15-6-11/h3-6,10H,7-9H2,1-2H3,(H,14,17)(H,18,19). The summed E-state index contributed by atoms with van der Waals surface area (Å²) in [6.07, 6.45) is 3.38. The number of likely N-dealkylation sites (N-methyl/N-ethyl adjacent to an activating group) is 1. The third-order valence-electron chi connectivity index (χ3n) is 2.73. The number of carbonyl (C=O) groups excluding carboxylic acids is 1. The van der Waals surface area contributed by atoms with E-state index >= 15 is 0 Å². The third-order valence-corrected chi connectivity index (χ3v) is 2.73. The number of carboxylic acid groups (broad SMARTS) is 1. The van der Waals surface area contributed by atoms with Crippen molar-refractivity contribution in [3.05, 3.63) is 30.1 Å². The average Bonchev–Trinajstić information content (AvgIpc) is 2.39. The van der Waals surface area contributed by atoms with Gasteiger partial charge in [-0.1, -0.05) is 13.0 Å². The van der Waals surface area contributed by atoms with Crippen molar-refractivity contribution in [2.75, 3.05) is 20.1 Å². The first kappa shape index (κ1) is 15.1. The Morgan fingerprint density at radius 3 is 2.79 bits per heavy atom. The molecule has 6 heteroatoms. The van der Waals surface area contributed by atoms with E-state index in [1.54, 1.807) is 31.3 Å². The van der Waals surface area contributed by atoms with E-state index in [1.807, 2.05) is 12.1 Å². The zero-order valence-corrected chi connectivity index (χ0v) is 11.2. The molecule has 0 saturated heterocycles. The maximum absolute atomic E-state index is 11.4. The van der Waals surface area contributed by atoms with Crippen molar-refractivity contribution in [3.8, 4) is 0 Å². The summed E-state index contributed by atoms with van der Waals surface area (Å²) >= 11 is 0. The third kappa shape index (κ3) is 5.48. The average molecular weight is 265 g/mol. The minimum absolute atomic E-state index is 0.138. The molecule has 1 aromatic rings. The summed E-state index contributed by atoms with van der Waals surface area (Å²) < 4.78 is 0. The molecular formula is C13H19N3O3. The molecule has 19 heavy (non-hydrogen) atoms. The Labute approximate surface area is 112 Å². The zero-order valence-electron chi connectivity index (χ0n) is 11.2. The highest BCUT2D eigenvalue weighted by atomic mass is 16.4. The molecule has 1 rings (SSSR count). The number of pyridine rings is 1. The Balaban J connectivity index is 2.68. The van der Waals surface area contributed by atoms with E-state index in [0.717, 1.165) is 5.56 Å². The molecule has 6 nitrogen and oxygen atoms in total. The molecule has 1 heterocycles. The summed E-state index contributed by atoms with van der Waals surface area (Å²) in [7, 11) is 1.56. The summed E-state index contributed by atoms with van der Waals surface area (Å²) in [5, 5.41) is 11.5. The lowest BCUT2D eigenvalue weighted by Crippen LogP contribution is -2.39. The van der Waals surface area contributed by atoms with Crippen LogP contribution in [0.4, 0.5) is 0 Å². The number of carbonyl (C=O) groups is 2. The van der Waals surface area contributed by atoms with Crippen LogP contribution in [0.2, 0.25) is 0 Å². The van der Waals surface area contributed by atoms with Gasteiger partial charge in [-0.3, -0.25) is 19.5 Å². The van der Waals surface area contributed by atoms with Crippen molar-refractivity contribution in [1.29, 1.82) is 0 Å². The van der Waals surface area contributed by atoms with Crippen molar-refractivity contribution in [3.63, 3.8) is 0 Å². The van der Waals surface area contributed by atoms with Crippen molar-refractivity contribution in [1.82, 2.24) is 15.2 Å². The molecule has 1 atom stereocenters. The first-order valence-corrected chi connectivity index (χ1v) is 6.07. The van der Waals surface area contributed by atoms with Crippen molar-refractivity contribution in [2.45, 2.75) is 13.5 Å². The van der Waals surface area contributed by atoms with E-state index in [1.165, 1.54) is 0 Å². The lowest BCUT2D eigenvalue weighted by Gasteiger charge is -2.23. The topological polar surface area (TPSA) is 82.5 Å². The maximum atomic E-state index is 11.4. The van der Waals surface area contributed by atoms with Gasteiger partial charge >= 0.3 is 5.97 Å². The SMILES string of the molecule is CNC(=O)CN(Cc1cccnc1)CC(C)C(=O)O. The first-order valence-electron chi connectivity index (χ1n) is 6.07. The molecule has 0 radical (unpaired) electrons. The number of aliphatic carboxylic acids is 1. The first-order chi connectivity index (χ1) is 9.02. The van der Waals surface area contributed by atoms with Gasteiger partial charge in [-0.2, -0.15) is 0 Å². The second-order valence-electron chi connectivity index (χ2n) is 4.44. The van der Waals surface area contributed by atoms with Gasteiger partial charge in [0.1, 0.15) is 0 Å². The van der Waals surface area contributed by atoms with E-state index in [4.69, 9.17) is 5.11 Å². The molecule has 1 amide bonds. The van der Waals surface area contributed by atoms with Gasteiger partial charge in [0.05, 0.1) is 12.5 Å². The van der Waals surface area contributed by atoms with Crippen molar-refractivity contribution < 1.29 is 14.7 Å². The molecule has 0 aliphatic rings. The molecule has 0 aromatic carbocycles. The molecule has 0 aliphatic carbocycles. The van der Waals surface area contributed by atoms with Gasteiger partial charge in [0.15, 0.2) is 0 Å². The highest BCUT2D eigenvalue weighted by Crippen LogP contribution is 2.06. The van der Waals surface area contributed by atoms with Crippen LogP contribution in [0.5, 0.6) is 0 Å². The smallest absolute Gasteiger partial charge is 0.307 e. The number of nitrogens with one attached hydrogen (secondary N) is 1. The van der Waals surface area contributed by atoms with Crippen molar-refractivity contribution >= 4 is 11.9 Å². The Hall–Kier alpha value is -1.95. The van der Waals surface area contributed by atoms with Crippen LogP contribution < -0.4 is 5.32 Å².